The van der Waals surface area contributed by atoms with Gasteiger partial charge >= 0.3 is 0 Å². The first-order valence-corrected chi connectivity index (χ1v) is 10.2. The molecule has 0 radical (unpaired) electrons. The lowest BCUT2D eigenvalue weighted by molar-refractivity contribution is -0.118. The van der Waals surface area contributed by atoms with Crippen LogP contribution in [0, 0.1) is 5.82 Å². The molecule has 1 heterocycles. The number of benzene rings is 2. The molecule has 0 atom stereocenters. The van der Waals surface area contributed by atoms with Gasteiger partial charge in [0.05, 0.1) is 10.3 Å². The molecule has 3 nitrogen and oxygen atoms in total. The van der Waals surface area contributed by atoms with Gasteiger partial charge in [0.2, 0.25) is 0 Å². The molecule has 1 N–H and O–H groups in total. The molecule has 1 amide bonds. The van der Waals surface area contributed by atoms with E-state index in [0.29, 0.717) is 14.8 Å². The summed E-state index contributed by atoms with van der Waals surface area (Å²) in [5.41, 5.74) is 1.40. The Hall–Kier alpha value is -1.18. The van der Waals surface area contributed by atoms with Gasteiger partial charge < -0.3 is 10.1 Å². The standard InChI is InChI=1S/C17H15BrFNO2S2/c18-12-3-6-15(14(19)9-12)20-16(21)10-22-13-4-1-11(2-5-13)17-23-7-8-24-17/h1-6,9,17H,7-8,10H2,(H,20,21). The minimum atomic E-state index is -0.492. The largest absolute Gasteiger partial charge is 0.484 e. The summed E-state index contributed by atoms with van der Waals surface area (Å²) >= 11 is 7.06. The third-order valence-corrected chi connectivity index (χ3v) is 6.95. The van der Waals surface area contributed by atoms with E-state index >= 15 is 0 Å². The van der Waals surface area contributed by atoms with E-state index in [4.69, 9.17) is 4.74 Å². The first kappa shape index (κ1) is 17.6. The molecule has 0 aromatic heterocycles. The molecule has 2 aromatic rings. The van der Waals surface area contributed by atoms with Crippen molar-refractivity contribution in [2.75, 3.05) is 23.4 Å². The molecule has 3 rings (SSSR count). The fraction of sp³-hybridized carbons (Fsp3) is 0.235. The number of rotatable bonds is 5. The van der Waals surface area contributed by atoms with Crippen LogP contribution in [0.3, 0.4) is 0 Å². The van der Waals surface area contributed by atoms with Gasteiger partial charge in [0.15, 0.2) is 6.61 Å². The molecule has 0 aliphatic carbocycles. The van der Waals surface area contributed by atoms with Crippen molar-refractivity contribution in [1.29, 1.82) is 0 Å². The van der Waals surface area contributed by atoms with Crippen LogP contribution in [0.2, 0.25) is 0 Å². The second-order valence-electron chi connectivity index (χ2n) is 5.10. The highest BCUT2D eigenvalue weighted by Crippen LogP contribution is 2.45. The molecule has 2 aromatic carbocycles. The molecular formula is C17H15BrFNO2S2. The Labute approximate surface area is 156 Å². The maximum atomic E-state index is 13.7. The zero-order chi connectivity index (χ0) is 16.9. The zero-order valence-electron chi connectivity index (χ0n) is 12.6. The van der Waals surface area contributed by atoms with Crippen LogP contribution in [-0.4, -0.2) is 24.0 Å². The number of hydrogen-bond acceptors (Lipinski definition) is 4. The minimum Gasteiger partial charge on any atom is -0.484 e. The van der Waals surface area contributed by atoms with Crippen molar-refractivity contribution in [2.24, 2.45) is 0 Å². The fourth-order valence-electron chi connectivity index (χ4n) is 2.20. The zero-order valence-corrected chi connectivity index (χ0v) is 15.8. The van der Waals surface area contributed by atoms with Gasteiger partial charge in [-0.15, -0.1) is 23.5 Å². The normalized spacial score (nSPS) is 14.6. The summed E-state index contributed by atoms with van der Waals surface area (Å²) in [6, 6.07) is 12.2. The van der Waals surface area contributed by atoms with Crippen LogP contribution < -0.4 is 10.1 Å². The molecule has 0 spiro atoms. The van der Waals surface area contributed by atoms with Gasteiger partial charge in [0, 0.05) is 16.0 Å². The average Bonchev–Trinajstić information content (AvgIpc) is 3.11. The van der Waals surface area contributed by atoms with E-state index in [1.54, 1.807) is 6.07 Å². The highest BCUT2D eigenvalue weighted by Gasteiger charge is 2.18. The molecule has 0 bridgehead atoms. The molecule has 1 aliphatic rings. The molecule has 1 fully saturated rings. The van der Waals surface area contributed by atoms with Gasteiger partial charge in [-0.05, 0) is 35.9 Å². The van der Waals surface area contributed by atoms with Crippen LogP contribution >= 0.6 is 39.5 Å². The summed E-state index contributed by atoms with van der Waals surface area (Å²) in [7, 11) is 0. The van der Waals surface area contributed by atoms with E-state index in [1.807, 2.05) is 47.8 Å². The van der Waals surface area contributed by atoms with E-state index in [-0.39, 0.29) is 12.3 Å². The molecule has 24 heavy (non-hydrogen) atoms. The summed E-state index contributed by atoms with van der Waals surface area (Å²) in [4.78, 5) is 11.9. The second kappa shape index (κ2) is 8.27. The Kier molecular flexibility index (Phi) is 6.08. The number of nitrogens with one attached hydrogen (secondary N) is 1. The minimum absolute atomic E-state index is 0.137. The molecule has 0 saturated carbocycles. The molecule has 0 unspecified atom stereocenters. The second-order valence-corrected chi connectivity index (χ2v) is 8.74. The van der Waals surface area contributed by atoms with Gasteiger partial charge in [0.25, 0.3) is 5.91 Å². The lowest BCUT2D eigenvalue weighted by Crippen LogP contribution is -2.20. The van der Waals surface area contributed by atoms with Crippen LogP contribution in [0.4, 0.5) is 10.1 Å². The van der Waals surface area contributed by atoms with Crippen molar-refractivity contribution in [3.8, 4) is 5.75 Å². The highest BCUT2D eigenvalue weighted by atomic mass is 79.9. The van der Waals surface area contributed by atoms with Gasteiger partial charge in [-0.2, -0.15) is 0 Å². The van der Waals surface area contributed by atoms with E-state index in [2.05, 4.69) is 21.2 Å². The van der Waals surface area contributed by atoms with E-state index in [1.165, 1.54) is 29.2 Å². The summed E-state index contributed by atoms with van der Waals surface area (Å²) in [5, 5.41) is 2.50. The van der Waals surface area contributed by atoms with Crippen molar-refractivity contribution in [2.45, 2.75) is 4.58 Å². The average molecular weight is 428 g/mol. The van der Waals surface area contributed by atoms with Crippen molar-refractivity contribution < 1.29 is 13.9 Å². The Morgan fingerprint density at radius 2 is 1.92 bits per heavy atom. The predicted octanol–water partition coefficient (Wildman–Crippen LogP) is 5.08. The molecule has 1 aliphatic heterocycles. The summed E-state index contributed by atoms with van der Waals surface area (Å²) in [6.45, 7) is -0.165. The Bertz CT molecular complexity index is 721. The quantitative estimate of drug-likeness (QED) is 0.721. The predicted molar refractivity (Wildman–Crippen MR) is 102 cm³/mol. The summed E-state index contributed by atoms with van der Waals surface area (Å²) < 4.78 is 20.2. The number of halogens is 2. The van der Waals surface area contributed by atoms with Crippen molar-refractivity contribution in [1.82, 2.24) is 0 Å². The van der Waals surface area contributed by atoms with Gasteiger partial charge in [-0.25, -0.2) is 4.39 Å². The molecule has 1 saturated heterocycles. The monoisotopic (exact) mass is 427 g/mol. The van der Waals surface area contributed by atoms with E-state index in [0.717, 1.165) is 0 Å². The van der Waals surface area contributed by atoms with Crippen molar-refractivity contribution in [3.63, 3.8) is 0 Å². The third-order valence-electron chi connectivity index (χ3n) is 3.35. The number of thioether (sulfide) groups is 2. The van der Waals surface area contributed by atoms with E-state index in [9.17, 15) is 9.18 Å². The highest BCUT2D eigenvalue weighted by molar-refractivity contribution is 9.10. The first-order valence-electron chi connectivity index (χ1n) is 7.33. The smallest absolute Gasteiger partial charge is 0.262 e. The topological polar surface area (TPSA) is 38.3 Å². The van der Waals surface area contributed by atoms with Crippen LogP contribution in [0.5, 0.6) is 5.75 Å². The fourth-order valence-corrected chi connectivity index (χ4v) is 5.39. The van der Waals surface area contributed by atoms with Gasteiger partial charge in [0.1, 0.15) is 11.6 Å². The SMILES string of the molecule is O=C(COc1ccc(C2SCCS2)cc1)Nc1ccc(Br)cc1F. The maximum Gasteiger partial charge on any atom is 0.262 e. The number of ether oxygens (including phenoxy) is 1. The van der Waals surface area contributed by atoms with Crippen LogP contribution in [0.15, 0.2) is 46.9 Å². The maximum absolute atomic E-state index is 13.7. The van der Waals surface area contributed by atoms with Crippen LogP contribution in [-0.2, 0) is 4.79 Å². The summed E-state index contributed by atoms with van der Waals surface area (Å²) in [5.74, 6) is 2.09. The number of carbonyl (C=O) groups excluding carboxylic acids is 1. The Balaban J connectivity index is 1.52. The number of amides is 1. The van der Waals surface area contributed by atoms with Crippen LogP contribution in [0.1, 0.15) is 10.1 Å². The van der Waals surface area contributed by atoms with Crippen LogP contribution in [0.25, 0.3) is 0 Å². The lowest BCUT2D eigenvalue weighted by atomic mass is 10.2. The first-order chi connectivity index (χ1) is 11.6. The molecule has 7 heteroatoms. The Morgan fingerprint density at radius 3 is 2.58 bits per heavy atom. The van der Waals surface area contributed by atoms with Crippen molar-refractivity contribution in [3.05, 3.63) is 58.3 Å². The lowest BCUT2D eigenvalue weighted by Gasteiger charge is -2.11. The number of hydrogen-bond donors (Lipinski definition) is 1. The van der Waals surface area contributed by atoms with Gasteiger partial charge in [-0.3, -0.25) is 4.79 Å². The number of anilines is 1. The van der Waals surface area contributed by atoms with E-state index < -0.39 is 11.7 Å². The molecular weight excluding hydrogens is 413 g/mol. The third kappa shape index (κ3) is 4.68. The molecule has 126 valence electrons. The Morgan fingerprint density at radius 1 is 1.21 bits per heavy atom. The summed E-state index contributed by atoms with van der Waals surface area (Å²) in [6.07, 6.45) is 0. The van der Waals surface area contributed by atoms with Gasteiger partial charge in [-0.1, -0.05) is 28.1 Å². The van der Waals surface area contributed by atoms with Crippen molar-refractivity contribution >= 4 is 51.0 Å². The number of carbonyl (C=O) groups is 1.